The summed E-state index contributed by atoms with van der Waals surface area (Å²) >= 11 is 1.48. The van der Waals surface area contributed by atoms with Gasteiger partial charge in [0.1, 0.15) is 6.54 Å². The Morgan fingerprint density at radius 3 is 2.57 bits per heavy atom. The minimum Gasteiger partial charge on any atom is -0.291 e. The highest BCUT2D eigenvalue weighted by atomic mass is 32.1. The lowest BCUT2D eigenvalue weighted by molar-refractivity contribution is 0.0965. The third kappa shape index (κ3) is 3.05. The Labute approximate surface area is 126 Å². The van der Waals surface area contributed by atoms with Gasteiger partial charge in [0.25, 0.3) is 0 Å². The largest absolute Gasteiger partial charge is 0.291 e. The molecule has 0 saturated carbocycles. The molecule has 3 rings (SSSR count). The van der Waals surface area contributed by atoms with Gasteiger partial charge in [0.15, 0.2) is 5.78 Å². The van der Waals surface area contributed by atoms with Gasteiger partial charge >= 0.3 is 0 Å². The zero-order valence-electron chi connectivity index (χ0n) is 11.8. The molecule has 0 fully saturated rings. The van der Waals surface area contributed by atoms with Crippen LogP contribution in [0.3, 0.4) is 0 Å². The minimum absolute atomic E-state index is 0.000885. The van der Waals surface area contributed by atoms with Crippen LogP contribution in [0.25, 0.3) is 11.4 Å². The Morgan fingerprint density at radius 1 is 1.14 bits per heavy atom. The summed E-state index contributed by atoms with van der Waals surface area (Å²) < 4.78 is 0. The SMILES string of the molecule is Cc1ccc(-c2nnn(CC(=O)c3ccc(C)s3)n2)cc1. The van der Waals surface area contributed by atoms with Crippen LogP contribution in [0.2, 0.25) is 0 Å². The van der Waals surface area contributed by atoms with E-state index in [4.69, 9.17) is 0 Å². The molecule has 6 heteroatoms. The molecule has 0 aliphatic rings. The average Bonchev–Trinajstić information content (AvgIpc) is 3.09. The number of hydrogen-bond acceptors (Lipinski definition) is 5. The minimum atomic E-state index is 0.000885. The third-order valence-corrected chi connectivity index (χ3v) is 4.10. The molecule has 1 aromatic carbocycles. The first-order valence-corrected chi connectivity index (χ1v) is 7.38. The zero-order valence-corrected chi connectivity index (χ0v) is 12.6. The normalized spacial score (nSPS) is 10.8. The molecule has 106 valence electrons. The first-order chi connectivity index (χ1) is 10.1. The topological polar surface area (TPSA) is 60.7 Å². The van der Waals surface area contributed by atoms with Crippen molar-refractivity contribution < 1.29 is 4.79 Å². The van der Waals surface area contributed by atoms with Crippen molar-refractivity contribution >= 4 is 17.1 Å². The second-order valence-electron chi connectivity index (χ2n) is 4.84. The molecule has 3 aromatic rings. The van der Waals surface area contributed by atoms with Crippen molar-refractivity contribution in [3.05, 3.63) is 51.7 Å². The molecular weight excluding hydrogens is 284 g/mol. The fourth-order valence-corrected chi connectivity index (χ4v) is 2.72. The summed E-state index contributed by atoms with van der Waals surface area (Å²) in [6.45, 7) is 4.11. The molecule has 0 spiro atoms. The van der Waals surface area contributed by atoms with Crippen LogP contribution in [0.15, 0.2) is 36.4 Å². The standard InChI is InChI=1S/C15H14N4OS/c1-10-3-6-12(7-4-10)15-16-18-19(17-15)9-13(20)14-8-5-11(2)21-14/h3-8H,9H2,1-2H3. The summed E-state index contributed by atoms with van der Waals surface area (Å²) in [5.74, 6) is 0.533. The lowest BCUT2D eigenvalue weighted by Gasteiger charge is -1.96. The Bertz CT molecular complexity index is 773. The van der Waals surface area contributed by atoms with Gasteiger partial charge in [0.2, 0.25) is 5.82 Å². The van der Waals surface area contributed by atoms with Crippen molar-refractivity contribution in [1.82, 2.24) is 20.2 Å². The summed E-state index contributed by atoms with van der Waals surface area (Å²) in [5, 5.41) is 12.2. The average molecular weight is 298 g/mol. The number of carbonyl (C=O) groups is 1. The first kappa shape index (κ1) is 13.6. The Hall–Kier alpha value is -2.34. The van der Waals surface area contributed by atoms with E-state index in [1.807, 2.05) is 50.2 Å². The van der Waals surface area contributed by atoms with Gasteiger partial charge in [-0.15, -0.1) is 21.5 Å². The molecule has 0 bridgehead atoms. The van der Waals surface area contributed by atoms with E-state index in [9.17, 15) is 4.79 Å². The van der Waals surface area contributed by atoms with Crippen LogP contribution in [0.4, 0.5) is 0 Å². The van der Waals surface area contributed by atoms with Crippen LogP contribution in [-0.4, -0.2) is 26.0 Å². The number of aromatic nitrogens is 4. The van der Waals surface area contributed by atoms with Gasteiger partial charge in [-0.05, 0) is 31.2 Å². The van der Waals surface area contributed by atoms with Crippen molar-refractivity contribution in [2.75, 3.05) is 0 Å². The van der Waals surface area contributed by atoms with E-state index in [-0.39, 0.29) is 12.3 Å². The fraction of sp³-hybridized carbons (Fsp3) is 0.200. The number of benzene rings is 1. The molecule has 2 heterocycles. The summed E-state index contributed by atoms with van der Waals surface area (Å²) in [5.41, 5.74) is 2.07. The van der Waals surface area contributed by atoms with Gasteiger partial charge in [0, 0.05) is 10.4 Å². The molecular formula is C15H14N4OS. The Kier molecular flexibility index (Phi) is 3.62. The molecule has 21 heavy (non-hydrogen) atoms. The van der Waals surface area contributed by atoms with E-state index in [0.29, 0.717) is 5.82 Å². The molecule has 5 nitrogen and oxygen atoms in total. The molecule has 0 radical (unpaired) electrons. The second kappa shape index (κ2) is 5.57. The number of ketones is 1. The van der Waals surface area contributed by atoms with E-state index in [1.54, 1.807) is 0 Å². The molecule has 0 unspecified atom stereocenters. The number of aryl methyl sites for hydroxylation is 2. The second-order valence-corrected chi connectivity index (χ2v) is 6.13. The van der Waals surface area contributed by atoms with Crippen LogP contribution in [0, 0.1) is 13.8 Å². The van der Waals surface area contributed by atoms with E-state index in [0.717, 1.165) is 15.3 Å². The number of Topliss-reactive ketones (excluding diaryl/α,β-unsaturated/α-hetero) is 1. The van der Waals surface area contributed by atoms with Crippen LogP contribution in [0.1, 0.15) is 20.1 Å². The number of nitrogens with zero attached hydrogens (tertiary/aromatic N) is 4. The summed E-state index contributed by atoms with van der Waals surface area (Å²) in [6, 6.07) is 11.7. The molecule has 0 aliphatic heterocycles. The van der Waals surface area contributed by atoms with Gasteiger partial charge < -0.3 is 0 Å². The third-order valence-electron chi connectivity index (χ3n) is 3.06. The summed E-state index contributed by atoms with van der Waals surface area (Å²) in [7, 11) is 0. The maximum atomic E-state index is 12.1. The van der Waals surface area contributed by atoms with Crippen molar-refractivity contribution in [3.63, 3.8) is 0 Å². The predicted octanol–water partition coefficient (Wildman–Crippen LogP) is 2.90. The maximum Gasteiger partial charge on any atom is 0.204 e. The Balaban J connectivity index is 1.76. The quantitative estimate of drug-likeness (QED) is 0.695. The highest BCUT2D eigenvalue weighted by Gasteiger charge is 2.12. The van der Waals surface area contributed by atoms with E-state index in [2.05, 4.69) is 15.4 Å². The number of carbonyl (C=O) groups excluding carboxylic acids is 1. The van der Waals surface area contributed by atoms with Crippen molar-refractivity contribution in [2.45, 2.75) is 20.4 Å². The molecule has 0 saturated heterocycles. The van der Waals surface area contributed by atoms with Crippen molar-refractivity contribution in [2.24, 2.45) is 0 Å². The van der Waals surface area contributed by atoms with Crippen LogP contribution in [-0.2, 0) is 6.54 Å². The number of hydrogen-bond donors (Lipinski definition) is 0. The summed E-state index contributed by atoms with van der Waals surface area (Å²) in [6.07, 6.45) is 0. The number of rotatable bonds is 4. The van der Waals surface area contributed by atoms with Crippen LogP contribution >= 0.6 is 11.3 Å². The summed E-state index contributed by atoms with van der Waals surface area (Å²) in [4.78, 5) is 15.3. The lowest BCUT2D eigenvalue weighted by Crippen LogP contribution is -2.12. The van der Waals surface area contributed by atoms with Gasteiger partial charge in [-0.25, -0.2) is 0 Å². The molecule has 2 aromatic heterocycles. The van der Waals surface area contributed by atoms with E-state index >= 15 is 0 Å². The smallest absolute Gasteiger partial charge is 0.204 e. The van der Waals surface area contributed by atoms with Gasteiger partial charge in [-0.1, -0.05) is 29.8 Å². The number of thiophene rings is 1. The van der Waals surface area contributed by atoms with Crippen molar-refractivity contribution in [1.29, 1.82) is 0 Å². The fourth-order valence-electron chi connectivity index (χ4n) is 1.92. The zero-order chi connectivity index (χ0) is 14.8. The van der Waals surface area contributed by atoms with Gasteiger partial charge in [0.05, 0.1) is 4.88 Å². The van der Waals surface area contributed by atoms with E-state index < -0.39 is 0 Å². The molecule has 0 N–H and O–H groups in total. The van der Waals surface area contributed by atoms with E-state index in [1.165, 1.54) is 21.7 Å². The molecule has 0 atom stereocenters. The lowest BCUT2D eigenvalue weighted by atomic mass is 10.1. The molecule has 0 aliphatic carbocycles. The molecule has 0 amide bonds. The van der Waals surface area contributed by atoms with Crippen LogP contribution < -0.4 is 0 Å². The highest BCUT2D eigenvalue weighted by molar-refractivity contribution is 7.14. The Morgan fingerprint density at radius 2 is 1.90 bits per heavy atom. The van der Waals surface area contributed by atoms with Crippen LogP contribution in [0.5, 0.6) is 0 Å². The van der Waals surface area contributed by atoms with Gasteiger partial charge in [-0.3, -0.25) is 4.79 Å². The first-order valence-electron chi connectivity index (χ1n) is 6.56. The maximum absolute atomic E-state index is 12.1. The predicted molar refractivity (Wildman–Crippen MR) is 81.4 cm³/mol. The number of tetrazole rings is 1. The van der Waals surface area contributed by atoms with Gasteiger partial charge in [-0.2, -0.15) is 4.80 Å². The monoisotopic (exact) mass is 298 g/mol. The van der Waals surface area contributed by atoms with Crippen molar-refractivity contribution in [3.8, 4) is 11.4 Å². The highest BCUT2D eigenvalue weighted by Crippen LogP contribution is 2.17.